The van der Waals surface area contributed by atoms with Crippen molar-refractivity contribution in [1.29, 1.82) is 0 Å². The number of halogens is 1. The predicted octanol–water partition coefficient (Wildman–Crippen LogP) is 5.91. The molecular weight excluding hydrogens is 481 g/mol. The number of para-hydroxylation sites is 2. The van der Waals surface area contributed by atoms with E-state index in [2.05, 4.69) is 11.8 Å². The minimum absolute atomic E-state index is 0.154. The second-order valence-electron chi connectivity index (χ2n) is 9.68. The monoisotopic (exact) mass is 515 g/mol. The lowest BCUT2D eigenvalue weighted by Crippen LogP contribution is -2.36. The molecule has 0 saturated heterocycles. The topological polar surface area (TPSA) is 59.8 Å². The summed E-state index contributed by atoms with van der Waals surface area (Å²) < 4.78 is 28.4. The number of aromatic nitrogens is 2. The smallest absolute Gasteiger partial charge is 0.227 e. The summed E-state index contributed by atoms with van der Waals surface area (Å²) in [7, 11) is 0. The minimum Gasteiger partial charge on any atom is -0.435 e. The first-order valence-electron chi connectivity index (χ1n) is 13.2. The molecule has 6 nitrogen and oxygen atoms in total. The Bertz CT molecular complexity index is 1310. The molecule has 38 heavy (non-hydrogen) atoms. The third kappa shape index (κ3) is 6.48. The van der Waals surface area contributed by atoms with Crippen LogP contribution in [0.5, 0.6) is 11.6 Å². The van der Waals surface area contributed by atoms with E-state index < -0.39 is 11.9 Å². The van der Waals surface area contributed by atoms with Gasteiger partial charge >= 0.3 is 0 Å². The van der Waals surface area contributed by atoms with Crippen LogP contribution in [0.2, 0.25) is 0 Å². The van der Waals surface area contributed by atoms with Gasteiger partial charge in [0.25, 0.3) is 0 Å². The van der Waals surface area contributed by atoms with Crippen molar-refractivity contribution in [3.63, 3.8) is 0 Å². The summed E-state index contributed by atoms with van der Waals surface area (Å²) in [5, 5.41) is 15.7. The second-order valence-corrected chi connectivity index (χ2v) is 9.68. The standard InChI is InChI=1S/C31H34FN3O3/c1-2-29-27(20-34(24-17-18-24)19-26(36)22-37-21-23-11-5-3-6-12-23)31(38-30-16-10-9-15-28(30)32)35(33-29)25-13-7-4-8-14-25/h3-16,24,26,36H,2,17-22H2,1H3/t26-/m0/s1. The van der Waals surface area contributed by atoms with Crippen LogP contribution in [0.4, 0.5) is 4.39 Å². The van der Waals surface area contributed by atoms with Gasteiger partial charge in [-0.2, -0.15) is 5.10 Å². The fourth-order valence-electron chi connectivity index (χ4n) is 4.60. The van der Waals surface area contributed by atoms with Crippen LogP contribution in [0.3, 0.4) is 0 Å². The Morgan fingerprint density at radius 3 is 2.37 bits per heavy atom. The number of nitrogens with zero attached hydrogens (tertiary/aromatic N) is 3. The molecule has 4 aromatic rings. The van der Waals surface area contributed by atoms with Gasteiger partial charge in [0.1, 0.15) is 0 Å². The van der Waals surface area contributed by atoms with Crippen molar-refractivity contribution in [1.82, 2.24) is 14.7 Å². The Labute approximate surface area is 223 Å². The average molecular weight is 516 g/mol. The molecule has 1 aliphatic rings. The zero-order valence-electron chi connectivity index (χ0n) is 21.7. The first-order valence-corrected chi connectivity index (χ1v) is 13.2. The van der Waals surface area contributed by atoms with Gasteiger partial charge in [0, 0.05) is 19.1 Å². The number of hydrogen-bond donors (Lipinski definition) is 1. The fourth-order valence-corrected chi connectivity index (χ4v) is 4.60. The Hall–Kier alpha value is -3.52. The van der Waals surface area contributed by atoms with Crippen LogP contribution in [0.15, 0.2) is 84.9 Å². The lowest BCUT2D eigenvalue weighted by Gasteiger charge is -2.25. The van der Waals surface area contributed by atoms with Crippen LogP contribution >= 0.6 is 0 Å². The molecule has 0 radical (unpaired) electrons. The number of aliphatic hydroxyl groups excluding tert-OH is 1. The number of ether oxygens (including phenoxy) is 2. The van der Waals surface area contributed by atoms with E-state index in [1.807, 2.05) is 60.7 Å². The van der Waals surface area contributed by atoms with E-state index in [4.69, 9.17) is 14.6 Å². The third-order valence-corrected chi connectivity index (χ3v) is 6.69. The van der Waals surface area contributed by atoms with Crippen LogP contribution in [0.25, 0.3) is 5.69 Å². The third-order valence-electron chi connectivity index (χ3n) is 6.69. The van der Waals surface area contributed by atoms with Gasteiger partial charge in [-0.1, -0.05) is 67.6 Å². The predicted molar refractivity (Wildman–Crippen MR) is 145 cm³/mol. The highest BCUT2D eigenvalue weighted by Gasteiger charge is 2.33. The maximum atomic E-state index is 14.6. The van der Waals surface area contributed by atoms with Crippen molar-refractivity contribution in [3.8, 4) is 17.3 Å². The normalized spacial score (nSPS) is 14.1. The van der Waals surface area contributed by atoms with Crippen molar-refractivity contribution in [2.75, 3.05) is 13.2 Å². The van der Waals surface area contributed by atoms with Crippen LogP contribution in [0, 0.1) is 5.82 Å². The average Bonchev–Trinajstić information content (AvgIpc) is 3.74. The largest absolute Gasteiger partial charge is 0.435 e. The van der Waals surface area contributed by atoms with E-state index >= 15 is 0 Å². The molecule has 1 aromatic heterocycles. The molecule has 1 atom stereocenters. The van der Waals surface area contributed by atoms with Crippen LogP contribution in [0.1, 0.15) is 36.6 Å². The Morgan fingerprint density at radius 2 is 1.68 bits per heavy atom. The maximum absolute atomic E-state index is 14.6. The molecule has 0 aliphatic heterocycles. The number of rotatable bonds is 13. The van der Waals surface area contributed by atoms with E-state index in [0.29, 0.717) is 38.0 Å². The molecule has 0 unspecified atom stereocenters. The van der Waals surface area contributed by atoms with Gasteiger partial charge < -0.3 is 14.6 Å². The summed E-state index contributed by atoms with van der Waals surface area (Å²) in [5.74, 6) is 0.224. The fraction of sp³-hybridized carbons (Fsp3) is 0.323. The van der Waals surface area contributed by atoms with Crippen LogP contribution in [-0.4, -0.2) is 45.1 Å². The minimum atomic E-state index is -0.635. The quantitative estimate of drug-likeness (QED) is 0.240. The van der Waals surface area contributed by atoms with Gasteiger partial charge in [0.05, 0.1) is 36.3 Å². The number of hydrogen-bond acceptors (Lipinski definition) is 5. The van der Waals surface area contributed by atoms with Gasteiger partial charge in [-0.05, 0) is 49.1 Å². The molecule has 1 heterocycles. The van der Waals surface area contributed by atoms with E-state index in [1.54, 1.807) is 22.9 Å². The van der Waals surface area contributed by atoms with Crippen molar-refractivity contribution in [2.24, 2.45) is 0 Å². The summed E-state index contributed by atoms with van der Waals surface area (Å²) >= 11 is 0. The zero-order valence-corrected chi connectivity index (χ0v) is 21.7. The van der Waals surface area contributed by atoms with Gasteiger partial charge in [0.15, 0.2) is 11.6 Å². The molecular formula is C31H34FN3O3. The molecule has 5 rings (SSSR count). The molecule has 1 N–H and O–H groups in total. The van der Waals surface area contributed by atoms with Crippen LogP contribution < -0.4 is 4.74 Å². The molecule has 1 saturated carbocycles. The van der Waals surface area contributed by atoms with E-state index in [0.717, 1.165) is 35.3 Å². The summed E-state index contributed by atoms with van der Waals surface area (Å²) in [6, 6.07) is 26.5. The number of benzene rings is 3. The summed E-state index contributed by atoms with van der Waals surface area (Å²) in [6.07, 6.45) is 2.22. The van der Waals surface area contributed by atoms with E-state index in [9.17, 15) is 9.50 Å². The summed E-state index contributed by atoms with van der Waals surface area (Å²) in [5.41, 5.74) is 3.71. The molecule has 1 fully saturated rings. The lowest BCUT2D eigenvalue weighted by molar-refractivity contribution is 0.00692. The first-order chi connectivity index (χ1) is 18.6. The van der Waals surface area contributed by atoms with Gasteiger partial charge in [-0.25, -0.2) is 9.07 Å². The highest BCUT2D eigenvalue weighted by Crippen LogP contribution is 2.36. The van der Waals surface area contributed by atoms with Crippen molar-refractivity contribution >= 4 is 0 Å². The molecule has 198 valence electrons. The summed E-state index contributed by atoms with van der Waals surface area (Å²) in [4.78, 5) is 2.27. The number of aliphatic hydroxyl groups is 1. The van der Waals surface area contributed by atoms with E-state index in [1.165, 1.54) is 6.07 Å². The summed E-state index contributed by atoms with van der Waals surface area (Å²) in [6.45, 7) is 3.78. The molecule has 0 amide bonds. The SMILES string of the molecule is CCc1nn(-c2ccccc2)c(Oc2ccccc2F)c1CN(C[C@H](O)COCc1ccccc1)C1CC1. The van der Waals surface area contributed by atoms with Crippen molar-refractivity contribution in [3.05, 3.63) is 108 Å². The number of aryl methyl sites for hydroxylation is 1. The molecule has 1 aliphatic carbocycles. The Morgan fingerprint density at radius 1 is 1.00 bits per heavy atom. The second kappa shape index (κ2) is 12.3. The van der Waals surface area contributed by atoms with Gasteiger partial charge in [0.2, 0.25) is 5.88 Å². The highest BCUT2D eigenvalue weighted by atomic mass is 19.1. The van der Waals surface area contributed by atoms with Gasteiger partial charge in [-0.15, -0.1) is 0 Å². The molecule has 7 heteroatoms. The zero-order chi connectivity index (χ0) is 26.3. The van der Waals surface area contributed by atoms with Crippen LogP contribution in [-0.2, 0) is 24.3 Å². The lowest BCUT2D eigenvalue weighted by atomic mass is 10.1. The van der Waals surface area contributed by atoms with Crippen molar-refractivity contribution in [2.45, 2.75) is 51.5 Å². The van der Waals surface area contributed by atoms with Crippen molar-refractivity contribution < 1.29 is 19.0 Å². The molecule has 3 aromatic carbocycles. The first kappa shape index (κ1) is 26.1. The van der Waals surface area contributed by atoms with Gasteiger partial charge in [-0.3, -0.25) is 4.90 Å². The molecule has 0 spiro atoms. The molecule has 0 bridgehead atoms. The van der Waals surface area contributed by atoms with E-state index in [-0.39, 0.29) is 12.4 Å². The Kier molecular flexibility index (Phi) is 8.48. The maximum Gasteiger partial charge on any atom is 0.227 e. The highest BCUT2D eigenvalue weighted by molar-refractivity contribution is 5.44. The Balaban J connectivity index is 1.38.